The van der Waals surface area contributed by atoms with E-state index in [9.17, 15) is 19.2 Å². The van der Waals surface area contributed by atoms with E-state index in [-0.39, 0.29) is 0 Å². The number of allylic oxidation sites excluding steroid dienone is 1. The Kier molecular flexibility index (Phi) is 8.76. The molecule has 0 spiro atoms. The molecule has 1 atom stereocenters. The highest BCUT2D eigenvalue weighted by molar-refractivity contribution is 6.66. The minimum Gasteiger partial charge on any atom is -0.279 e. The van der Waals surface area contributed by atoms with E-state index < -0.39 is 28.3 Å². The van der Waals surface area contributed by atoms with Gasteiger partial charge in [0.25, 0.3) is 11.8 Å². The average Bonchev–Trinajstić information content (AvgIpc) is 2.71. The second-order valence-corrected chi connectivity index (χ2v) is 4.60. The summed E-state index contributed by atoms with van der Waals surface area (Å²) in [6, 6.07) is -0.818. The van der Waals surface area contributed by atoms with Crippen molar-refractivity contribution < 1.29 is 19.2 Å². The monoisotopic (exact) mass is 319 g/mol. The minimum absolute atomic E-state index is 0.429. The Morgan fingerprint density at radius 2 is 1.75 bits per heavy atom. The minimum atomic E-state index is -0.818. The Labute approximate surface area is 127 Å². The molecule has 7 heteroatoms. The molecule has 1 heterocycles. The first-order chi connectivity index (χ1) is 9.34. The van der Waals surface area contributed by atoms with Crippen LogP contribution in [-0.2, 0) is 19.2 Å². The second kappa shape index (κ2) is 9.44. The summed E-state index contributed by atoms with van der Waals surface area (Å²) in [5.41, 5.74) is 0. The van der Waals surface area contributed by atoms with Gasteiger partial charge in [-0.25, -0.2) is 0 Å². The summed E-state index contributed by atoms with van der Waals surface area (Å²) in [6.07, 6.45) is 5.41. The first-order valence-electron chi connectivity index (χ1n) is 5.91. The van der Waals surface area contributed by atoms with Crippen molar-refractivity contribution >= 4 is 45.5 Å². The molecule has 0 N–H and O–H groups in total. The molecule has 2 amide bonds. The number of imide groups is 1. The lowest BCUT2D eigenvalue weighted by molar-refractivity contribution is -0.143. The van der Waals surface area contributed by atoms with Crippen molar-refractivity contribution in [3.8, 4) is 0 Å². The maximum Gasteiger partial charge on any atom is 0.254 e. The van der Waals surface area contributed by atoms with Gasteiger partial charge in [-0.3, -0.25) is 24.1 Å². The van der Waals surface area contributed by atoms with E-state index in [2.05, 4.69) is 6.58 Å². The summed E-state index contributed by atoms with van der Waals surface area (Å²) in [6.45, 7) is 5.04. The third-order valence-corrected chi connectivity index (χ3v) is 2.81. The predicted molar refractivity (Wildman–Crippen MR) is 76.2 cm³/mol. The molecule has 0 aliphatic carbocycles. The fourth-order valence-electron chi connectivity index (χ4n) is 1.46. The fraction of sp³-hybridized carbons (Fsp3) is 0.385. The SMILES string of the molecule is C=CC(=O)Cl.CCCCC(C(=O)Cl)N1C(=O)C=CC1=O. The van der Waals surface area contributed by atoms with E-state index in [0.717, 1.165) is 36.0 Å². The Morgan fingerprint density at radius 3 is 2.05 bits per heavy atom. The number of carbonyl (C=O) groups is 4. The Balaban J connectivity index is 0.000000621. The van der Waals surface area contributed by atoms with Crippen LogP contribution in [0.5, 0.6) is 0 Å². The molecule has 0 saturated heterocycles. The maximum absolute atomic E-state index is 11.3. The number of nitrogens with zero attached hydrogens (tertiary/aromatic N) is 1. The molecule has 110 valence electrons. The summed E-state index contributed by atoms with van der Waals surface area (Å²) < 4.78 is 0. The highest BCUT2D eigenvalue weighted by atomic mass is 35.5. The van der Waals surface area contributed by atoms with E-state index in [1.165, 1.54) is 0 Å². The molecule has 1 aliphatic rings. The second-order valence-electron chi connectivity index (χ2n) is 3.85. The fourth-order valence-corrected chi connectivity index (χ4v) is 1.67. The van der Waals surface area contributed by atoms with Crippen LogP contribution in [0.4, 0.5) is 0 Å². The van der Waals surface area contributed by atoms with Gasteiger partial charge in [-0.15, -0.1) is 0 Å². The quantitative estimate of drug-likeness (QED) is 0.427. The lowest BCUT2D eigenvalue weighted by Gasteiger charge is -2.22. The van der Waals surface area contributed by atoms with Crippen LogP contribution in [0.3, 0.4) is 0 Å². The Bertz CT molecular complexity index is 428. The van der Waals surface area contributed by atoms with E-state index in [4.69, 9.17) is 23.2 Å². The van der Waals surface area contributed by atoms with Gasteiger partial charge >= 0.3 is 0 Å². The summed E-state index contributed by atoms with van der Waals surface area (Å²) in [7, 11) is 0. The molecule has 0 saturated carbocycles. The molecule has 0 bridgehead atoms. The predicted octanol–water partition coefficient (Wildman–Crippen LogP) is 2.17. The molecule has 1 aliphatic heterocycles. The molecule has 0 aromatic carbocycles. The van der Waals surface area contributed by atoms with Gasteiger partial charge in [0.2, 0.25) is 10.5 Å². The molecule has 1 unspecified atom stereocenters. The van der Waals surface area contributed by atoms with E-state index in [1.54, 1.807) is 0 Å². The number of hydrogen-bond donors (Lipinski definition) is 0. The summed E-state index contributed by atoms with van der Waals surface area (Å²) >= 11 is 10.1. The van der Waals surface area contributed by atoms with E-state index in [1.807, 2.05) is 6.92 Å². The van der Waals surface area contributed by atoms with Crippen molar-refractivity contribution in [3.05, 3.63) is 24.8 Å². The van der Waals surface area contributed by atoms with Crippen LogP contribution in [-0.4, -0.2) is 33.2 Å². The summed E-state index contributed by atoms with van der Waals surface area (Å²) in [5, 5.41) is -1.17. The van der Waals surface area contributed by atoms with Crippen molar-refractivity contribution in [1.82, 2.24) is 4.90 Å². The lowest BCUT2D eigenvalue weighted by Crippen LogP contribution is -2.43. The van der Waals surface area contributed by atoms with Crippen LogP contribution in [0.15, 0.2) is 24.8 Å². The molecule has 0 radical (unpaired) electrons. The van der Waals surface area contributed by atoms with Crippen LogP contribution in [0, 0.1) is 0 Å². The topological polar surface area (TPSA) is 71.5 Å². The van der Waals surface area contributed by atoms with Crippen molar-refractivity contribution in [2.75, 3.05) is 0 Å². The average molecular weight is 320 g/mol. The molecule has 20 heavy (non-hydrogen) atoms. The standard InChI is InChI=1S/C10H12ClNO3.C3H3ClO/c1-2-3-4-7(10(11)15)12-8(13)5-6-9(12)14;1-2-3(4)5/h5-7H,2-4H2,1H3;2H,1H2. The van der Waals surface area contributed by atoms with Crippen molar-refractivity contribution in [3.63, 3.8) is 0 Å². The van der Waals surface area contributed by atoms with Crippen molar-refractivity contribution in [2.24, 2.45) is 0 Å². The summed E-state index contributed by atoms with van der Waals surface area (Å²) in [4.78, 5) is 44.1. The zero-order chi connectivity index (χ0) is 15.7. The van der Waals surface area contributed by atoms with Crippen LogP contribution in [0.25, 0.3) is 0 Å². The van der Waals surface area contributed by atoms with Gasteiger partial charge in [-0.2, -0.15) is 0 Å². The number of carbonyl (C=O) groups excluding carboxylic acids is 4. The maximum atomic E-state index is 11.3. The number of rotatable bonds is 6. The summed E-state index contributed by atoms with van der Waals surface area (Å²) in [5.74, 6) is -0.926. The van der Waals surface area contributed by atoms with Crippen LogP contribution in [0.2, 0.25) is 0 Å². The molecular weight excluding hydrogens is 305 g/mol. The largest absolute Gasteiger partial charge is 0.279 e. The van der Waals surface area contributed by atoms with E-state index >= 15 is 0 Å². The first-order valence-corrected chi connectivity index (χ1v) is 6.67. The highest BCUT2D eigenvalue weighted by Crippen LogP contribution is 2.16. The number of unbranched alkanes of at least 4 members (excludes halogenated alkanes) is 1. The molecule has 0 fully saturated rings. The number of hydrogen-bond acceptors (Lipinski definition) is 4. The molecule has 1 rings (SSSR count). The van der Waals surface area contributed by atoms with Crippen molar-refractivity contribution in [2.45, 2.75) is 32.2 Å². The normalized spacial score (nSPS) is 14.7. The Hall–Kier alpha value is -1.46. The zero-order valence-electron chi connectivity index (χ0n) is 11.0. The molecular formula is C13H15Cl2NO4. The van der Waals surface area contributed by atoms with Crippen molar-refractivity contribution in [1.29, 1.82) is 0 Å². The van der Waals surface area contributed by atoms with Gasteiger partial charge in [0.1, 0.15) is 6.04 Å². The highest BCUT2D eigenvalue weighted by Gasteiger charge is 2.34. The van der Waals surface area contributed by atoms with Gasteiger partial charge in [0.15, 0.2) is 0 Å². The van der Waals surface area contributed by atoms with Gasteiger partial charge in [-0.1, -0.05) is 26.3 Å². The smallest absolute Gasteiger partial charge is 0.254 e. The van der Waals surface area contributed by atoms with Gasteiger partial charge < -0.3 is 0 Å². The van der Waals surface area contributed by atoms with Crippen LogP contribution in [0.1, 0.15) is 26.2 Å². The van der Waals surface area contributed by atoms with Gasteiger partial charge in [-0.05, 0) is 35.7 Å². The lowest BCUT2D eigenvalue weighted by atomic mass is 10.1. The third kappa shape index (κ3) is 6.12. The number of halogens is 2. The first kappa shape index (κ1) is 18.5. The third-order valence-electron chi connectivity index (χ3n) is 2.41. The van der Waals surface area contributed by atoms with E-state index in [0.29, 0.717) is 6.42 Å². The van der Waals surface area contributed by atoms with Crippen LogP contribution < -0.4 is 0 Å². The molecule has 5 nitrogen and oxygen atoms in total. The number of amides is 2. The van der Waals surface area contributed by atoms with Crippen LogP contribution >= 0.6 is 23.2 Å². The molecule has 0 aromatic heterocycles. The van der Waals surface area contributed by atoms with Gasteiger partial charge in [0, 0.05) is 12.2 Å². The molecule has 0 aromatic rings. The zero-order valence-corrected chi connectivity index (χ0v) is 12.5. The Morgan fingerprint density at radius 1 is 1.30 bits per heavy atom. The van der Waals surface area contributed by atoms with Gasteiger partial charge in [0.05, 0.1) is 0 Å².